The van der Waals surface area contributed by atoms with E-state index in [1.165, 1.54) is 0 Å². The maximum absolute atomic E-state index is 14.8. The van der Waals surface area contributed by atoms with E-state index in [-0.39, 0.29) is 34.9 Å². The van der Waals surface area contributed by atoms with E-state index in [1.807, 2.05) is 128 Å². The third-order valence-corrected chi connectivity index (χ3v) is 11.6. The van der Waals surface area contributed by atoms with Crippen LogP contribution >= 0.6 is 0 Å². The predicted octanol–water partition coefficient (Wildman–Crippen LogP) is 9.81. The molecule has 0 N–H and O–H groups in total. The minimum Gasteiger partial charge on any atom is -0.285 e. The molecule has 0 aliphatic heterocycles. The molecule has 318 valence electrons. The second kappa shape index (κ2) is 16.3. The second-order valence-electron chi connectivity index (χ2n) is 17.3. The van der Waals surface area contributed by atoms with Gasteiger partial charge >= 0.3 is 0 Å². The summed E-state index contributed by atoms with van der Waals surface area (Å²) in [7, 11) is 0. The lowest BCUT2D eigenvalue weighted by Gasteiger charge is -2.30. The number of carbonyl (C=O) groups is 4. The summed E-state index contributed by atoms with van der Waals surface area (Å²) >= 11 is 0. The predicted molar refractivity (Wildman–Crippen MR) is 248 cm³/mol. The lowest BCUT2D eigenvalue weighted by Crippen LogP contribution is -2.36. The van der Waals surface area contributed by atoms with Crippen LogP contribution in [0, 0.1) is 55.4 Å². The Labute approximate surface area is 377 Å². The zero-order valence-electron chi connectivity index (χ0n) is 37.4. The average molecular weight is 853 g/mol. The third-order valence-electron chi connectivity index (χ3n) is 11.6. The van der Waals surface area contributed by atoms with Gasteiger partial charge in [0.15, 0.2) is 11.6 Å². The molecule has 2 aromatic heterocycles. The van der Waals surface area contributed by atoms with E-state index < -0.39 is 28.5 Å². The van der Waals surface area contributed by atoms with E-state index in [4.69, 9.17) is 19.9 Å². The van der Waals surface area contributed by atoms with Gasteiger partial charge in [0.1, 0.15) is 5.41 Å². The van der Waals surface area contributed by atoms with Crippen LogP contribution in [0.3, 0.4) is 0 Å². The molecule has 0 amide bonds. The van der Waals surface area contributed by atoms with Crippen LogP contribution in [0.4, 0.5) is 0 Å². The van der Waals surface area contributed by atoms with E-state index in [0.29, 0.717) is 33.4 Å². The smallest absolute Gasteiger partial charge is 0.230 e. The van der Waals surface area contributed by atoms with Crippen LogP contribution in [0.25, 0.3) is 11.1 Å². The first-order valence-corrected chi connectivity index (χ1v) is 21.3. The van der Waals surface area contributed by atoms with E-state index >= 15 is 0 Å². The Hall–Kier alpha value is -7.98. The largest absolute Gasteiger partial charge is 0.285 e. The summed E-state index contributed by atoms with van der Waals surface area (Å²) in [5, 5.41) is 0. The van der Waals surface area contributed by atoms with Gasteiger partial charge in [0.25, 0.3) is 0 Å². The molecule has 10 heteroatoms. The Balaban J connectivity index is 1.40. The van der Waals surface area contributed by atoms with Gasteiger partial charge in [0.2, 0.25) is 46.4 Å². The van der Waals surface area contributed by atoms with Crippen molar-refractivity contribution in [2.45, 2.75) is 60.8 Å². The van der Waals surface area contributed by atoms with Gasteiger partial charge in [-0.2, -0.15) is 0 Å². The van der Waals surface area contributed by atoms with Gasteiger partial charge in [-0.15, -0.1) is 0 Å². The summed E-state index contributed by atoms with van der Waals surface area (Å²) in [6.07, 6.45) is 0. The number of aryl methyl sites for hydroxylation is 8. The fraction of sp³-hybridized carbons (Fsp3) is 0.164. The van der Waals surface area contributed by atoms with E-state index in [2.05, 4.69) is 9.97 Å². The van der Waals surface area contributed by atoms with Gasteiger partial charge < -0.3 is 0 Å². The first-order chi connectivity index (χ1) is 31.1. The van der Waals surface area contributed by atoms with E-state index in [1.54, 1.807) is 48.5 Å². The molecule has 0 fully saturated rings. The van der Waals surface area contributed by atoms with Gasteiger partial charge in [-0.05, 0) is 126 Å². The number of ketones is 4. The van der Waals surface area contributed by atoms with Crippen LogP contribution < -0.4 is 0 Å². The Kier molecular flexibility index (Phi) is 10.6. The Morgan fingerprint density at radius 1 is 0.323 bits per heavy atom. The number of benzene rings is 6. The number of nitrogens with zero attached hydrogens (tertiary/aromatic N) is 6. The molecule has 0 unspecified atom stereocenters. The molecule has 0 radical (unpaired) electrons. The fourth-order valence-electron chi connectivity index (χ4n) is 9.25. The van der Waals surface area contributed by atoms with Gasteiger partial charge in [-0.25, -0.2) is 29.9 Å². The normalized spacial score (nSPS) is 12.4. The summed E-state index contributed by atoms with van der Waals surface area (Å²) < 4.78 is 0. The van der Waals surface area contributed by atoms with Crippen molar-refractivity contribution in [2.24, 2.45) is 0 Å². The highest BCUT2D eigenvalue weighted by atomic mass is 16.1. The first kappa shape index (κ1) is 42.3. The molecular weight excluding hydrogens is 809 g/mol. The molecule has 0 bridgehead atoms. The van der Waals surface area contributed by atoms with Crippen LogP contribution in [-0.4, -0.2) is 53.0 Å². The summed E-state index contributed by atoms with van der Waals surface area (Å²) in [6, 6.07) is 37.0. The monoisotopic (exact) mass is 852 g/mol. The number of carbonyl (C=O) groups excluding carboxylic acids is 4. The highest BCUT2D eigenvalue weighted by Gasteiger charge is 2.52. The summed E-state index contributed by atoms with van der Waals surface area (Å²) in [6.45, 7) is 15.2. The van der Waals surface area contributed by atoms with Crippen LogP contribution in [0.1, 0.15) is 132 Å². The van der Waals surface area contributed by atoms with Crippen molar-refractivity contribution in [3.8, 4) is 11.1 Å². The van der Waals surface area contributed by atoms with E-state index in [0.717, 1.165) is 55.6 Å². The molecule has 9 rings (SSSR count). The van der Waals surface area contributed by atoms with Gasteiger partial charge in [-0.3, -0.25) is 19.2 Å². The quantitative estimate of drug-likeness (QED) is 0.122. The number of rotatable bonds is 10. The maximum atomic E-state index is 14.8. The molecule has 0 spiro atoms. The third kappa shape index (κ3) is 7.67. The van der Waals surface area contributed by atoms with Crippen molar-refractivity contribution in [1.29, 1.82) is 0 Å². The molecule has 0 atom stereocenters. The number of hydrogen-bond donors (Lipinski definition) is 0. The van der Waals surface area contributed by atoms with Gasteiger partial charge in [-0.1, -0.05) is 117 Å². The maximum Gasteiger partial charge on any atom is 0.230 e. The molecule has 10 nitrogen and oxygen atoms in total. The van der Waals surface area contributed by atoms with Crippen LogP contribution in [0.15, 0.2) is 121 Å². The molecular formula is C55H44N6O4. The molecule has 8 aromatic rings. The van der Waals surface area contributed by atoms with Gasteiger partial charge in [0, 0.05) is 22.3 Å². The molecule has 1 aliphatic carbocycles. The minimum atomic E-state index is -1.73. The number of hydrogen-bond acceptors (Lipinski definition) is 10. The Bertz CT molecular complexity index is 2890. The van der Waals surface area contributed by atoms with E-state index in [9.17, 15) is 19.2 Å². The highest BCUT2D eigenvalue weighted by molar-refractivity contribution is 6.11. The van der Waals surface area contributed by atoms with Crippen molar-refractivity contribution in [2.75, 3.05) is 0 Å². The first-order valence-electron chi connectivity index (χ1n) is 21.3. The zero-order chi connectivity index (χ0) is 45.9. The number of aromatic nitrogens is 6. The summed E-state index contributed by atoms with van der Waals surface area (Å²) in [5.74, 6) is -3.33. The van der Waals surface area contributed by atoms with Crippen molar-refractivity contribution in [3.63, 3.8) is 0 Å². The Morgan fingerprint density at radius 3 is 0.800 bits per heavy atom. The Morgan fingerprint density at radius 2 is 0.554 bits per heavy atom. The fourth-order valence-corrected chi connectivity index (χ4v) is 9.25. The molecule has 1 aliphatic rings. The molecule has 6 aromatic carbocycles. The lowest BCUT2D eigenvalue weighted by molar-refractivity contribution is 0.100. The molecule has 65 heavy (non-hydrogen) atoms. The SMILES string of the molecule is Cc1cc(C)cc(C(=O)c2nc(C(=O)c3cc(C)cc(C)c3)nc(C3(c4nc(C(=O)c5cc(C)cc(C)c5)nc(C(=O)c5cc(C)cc(C)c5)n4)c4ccccc4-c4ccccc43)n2)c1. The zero-order valence-corrected chi connectivity index (χ0v) is 37.4. The van der Waals surface area contributed by atoms with Crippen LogP contribution in [-0.2, 0) is 5.41 Å². The minimum absolute atomic E-state index is 0.0499. The number of fused-ring (bicyclic) bond motifs is 3. The van der Waals surface area contributed by atoms with Crippen molar-refractivity contribution in [1.82, 2.24) is 29.9 Å². The lowest BCUT2D eigenvalue weighted by atomic mass is 9.76. The molecule has 0 saturated carbocycles. The topological polar surface area (TPSA) is 146 Å². The molecule has 2 heterocycles. The highest BCUT2D eigenvalue weighted by Crippen LogP contribution is 2.54. The van der Waals surface area contributed by atoms with Crippen LogP contribution in [0.5, 0.6) is 0 Å². The van der Waals surface area contributed by atoms with Crippen molar-refractivity contribution in [3.05, 3.63) is 234 Å². The summed E-state index contributed by atoms with van der Waals surface area (Å²) in [5.41, 5.74) is 9.19. The standard InChI is InChI=1S/C55H44N6O4/c1-29-17-30(2)22-37(21-29)45(62)49-56-50(46(63)38-23-31(3)18-32(4)24-38)59-53(58-49)55(43-15-11-9-13-41(43)42-14-10-12-16-44(42)55)54-60-51(47(64)39-25-33(5)19-34(6)26-39)57-52(61-54)48(65)40-27-35(7)20-36(8)28-40/h9-28H,1-8H3. The van der Waals surface area contributed by atoms with Gasteiger partial charge in [0.05, 0.1) is 0 Å². The van der Waals surface area contributed by atoms with Crippen molar-refractivity contribution >= 4 is 23.1 Å². The second-order valence-corrected chi connectivity index (χ2v) is 17.3. The van der Waals surface area contributed by atoms with Crippen molar-refractivity contribution < 1.29 is 19.2 Å². The molecule has 0 saturated heterocycles. The van der Waals surface area contributed by atoms with Crippen LogP contribution in [0.2, 0.25) is 0 Å². The average Bonchev–Trinajstić information content (AvgIpc) is 3.57. The summed E-state index contributed by atoms with van der Waals surface area (Å²) in [4.78, 5) is 88.5.